The molecule has 3 amide bonds. The Bertz CT molecular complexity index is 1030. The van der Waals surface area contributed by atoms with E-state index in [0.717, 1.165) is 16.7 Å². The third-order valence-electron chi connectivity index (χ3n) is 4.95. The van der Waals surface area contributed by atoms with Crippen LogP contribution in [0.3, 0.4) is 0 Å². The third-order valence-corrected chi connectivity index (χ3v) is 4.95. The average molecular weight is 391 g/mol. The van der Waals surface area contributed by atoms with Crippen molar-refractivity contribution in [3.8, 4) is 0 Å². The molecule has 1 fully saturated rings. The number of carbonyl (C=O) groups is 3. The monoisotopic (exact) mass is 391 g/mol. The second kappa shape index (κ2) is 7.75. The number of anilines is 2. The maximum Gasteiger partial charge on any atom is 0.248 e. The predicted octanol–water partition coefficient (Wildman–Crippen LogP) is 2.06. The molecule has 8 heteroatoms. The van der Waals surface area contributed by atoms with Crippen LogP contribution in [-0.2, 0) is 14.4 Å². The molecule has 2 aromatic carbocycles. The Labute approximate surface area is 167 Å². The van der Waals surface area contributed by atoms with Crippen molar-refractivity contribution in [2.24, 2.45) is 5.92 Å². The number of nitrogens with zero attached hydrogens (tertiary/aromatic N) is 2. The lowest BCUT2D eigenvalue weighted by molar-refractivity contribution is -0.129. The molecule has 1 aromatic heterocycles. The summed E-state index contributed by atoms with van der Waals surface area (Å²) in [4.78, 5) is 46.2. The Morgan fingerprint density at radius 2 is 1.86 bits per heavy atom. The summed E-state index contributed by atoms with van der Waals surface area (Å²) in [7, 11) is 0. The quantitative estimate of drug-likeness (QED) is 0.619. The van der Waals surface area contributed by atoms with Crippen LogP contribution in [0.2, 0.25) is 0 Å². The van der Waals surface area contributed by atoms with Crippen molar-refractivity contribution in [2.45, 2.75) is 19.4 Å². The van der Waals surface area contributed by atoms with Crippen LogP contribution in [0.15, 0.2) is 54.6 Å². The summed E-state index contributed by atoms with van der Waals surface area (Å²) < 4.78 is 0. The van der Waals surface area contributed by atoms with Crippen LogP contribution in [0.4, 0.5) is 11.6 Å². The molecule has 0 radical (unpaired) electrons. The molecule has 1 aliphatic heterocycles. The number of nitrogens with one attached hydrogen (secondary N) is 3. The number of carbonyl (C=O) groups excluding carboxylic acids is 3. The molecule has 0 unspecified atom stereocenters. The number of imidazole rings is 1. The molecule has 4 rings (SSSR count). The highest BCUT2D eigenvalue weighted by atomic mass is 16.2. The third kappa shape index (κ3) is 3.96. The summed E-state index contributed by atoms with van der Waals surface area (Å²) in [6.45, 7) is 1.90. The number of fused-ring (bicyclic) bond motifs is 1. The minimum Gasteiger partial charge on any atom is -0.344 e. The van der Waals surface area contributed by atoms with Gasteiger partial charge in [0.15, 0.2) is 0 Å². The number of aromatic amines is 1. The highest BCUT2D eigenvalue weighted by Crippen LogP contribution is 2.25. The van der Waals surface area contributed by atoms with Gasteiger partial charge in [0.2, 0.25) is 23.7 Å². The van der Waals surface area contributed by atoms with Gasteiger partial charge in [-0.2, -0.15) is 0 Å². The van der Waals surface area contributed by atoms with Crippen molar-refractivity contribution >= 4 is 40.4 Å². The zero-order chi connectivity index (χ0) is 20.4. The van der Waals surface area contributed by atoms with E-state index in [1.807, 2.05) is 54.6 Å². The molecule has 0 bridgehead atoms. The topological polar surface area (TPSA) is 107 Å². The van der Waals surface area contributed by atoms with Gasteiger partial charge in [-0.3, -0.25) is 19.7 Å². The van der Waals surface area contributed by atoms with Gasteiger partial charge in [0, 0.05) is 18.7 Å². The van der Waals surface area contributed by atoms with E-state index in [4.69, 9.17) is 0 Å². The first-order valence-electron chi connectivity index (χ1n) is 9.42. The lowest BCUT2D eigenvalue weighted by Gasteiger charge is -2.18. The van der Waals surface area contributed by atoms with Crippen LogP contribution in [0.1, 0.15) is 13.3 Å². The summed E-state index contributed by atoms with van der Waals surface area (Å²) in [6, 6.07) is 15.9. The van der Waals surface area contributed by atoms with Gasteiger partial charge >= 0.3 is 0 Å². The van der Waals surface area contributed by atoms with Crippen molar-refractivity contribution < 1.29 is 14.4 Å². The first-order chi connectivity index (χ1) is 14.0. The maximum absolute atomic E-state index is 12.6. The van der Waals surface area contributed by atoms with E-state index >= 15 is 0 Å². The minimum atomic E-state index is -0.767. The summed E-state index contributed by atoms with van der Waals surface area (Å²) in [5, 5.41) is 5.37. The average Bonchev–Trinajstić information content (AvgIpc) is 3.31. The van der Waals surface area contributed by atoms with Crippen LogP contribution in [-0.4, -0.2) is 40.3 Å². The second-order valence-corrected chi connectivity index (χ2v) is 7.06. The highest BCUT2D eigenvalue weighted by molar-refractivity contribution is 6.02. The van der Waals surface area contributed by atoms with Crippen molar-refractivity contribution in [1.29, 1.82) is 0 Å². The Balaban J connectivity index is 1.35. The number of para-hydroxylation sites is 3. The summed E-state index contributed by atoms with van der Waals surface area (Å²) in [5.41, 5.74) is 2.32. The van der Waals surface area contributed by atoms with E-state index in [1.54, 1.807) is 11.8 Å². The van der Waals surface area contributed by atoms with E-state index in [-0.39, 0.29) is 24.1 Å². The number of aromatic nitrogens is 2. The SMILES string of the molecule is C[C@@H](NC(=O)[C@@H]1CC(=O)N(c2ccccc2)C1)C(=O)Nc1nc2ccccc2[nH]1. The molecule has 148 valence electrons. The Hall–Kier alpha value is -3.68. The molecular weight excluding hydrogens is 370 g/mol. The van der Waals surface area contributed by atoms with Crippen LogP contribution < -0.4 is 15.5 Å². The molecular formula is C21H21N5O3. The molecule has 3 aromatic rings. The van der Waals surface area contributed by atoms with Crippen molar-refractivity contribution in [3.63, 3.8) is 0 Å². The molecule has 2 atom stereocenters. The standard InChI is InChI=1S/C21H21N5O3/c1-13(19(28)25-21-23-16-9-5-6-10-17(16)24-21)22-20(29)14-11-18(27)26(12-14)15-7-3-2-4-8-15/h2-10,13-14H,11-12H2,1H3,(H,22,29)(H2,23,24,25,28)/t13-,14-/m1/s1. The fourth-order valence-corrected chi connectivity index (χ4v) is 3.37. The summed E-state index contributed by atoms with van der Waals surface area (Å²) >= 11 is 0. The predicted molar refractivity (Wildman–Crippen MR) is 109 cm³/mol. The lowest BCUT2D eigenvalue weighted by atomic mass is 10.1. The fourth-order valence-electron chi connectivity index (χ4n) is 3.37. The number of hydrogen-bond donors (Lipinski definition) is 3. The zero-order valence-corrected chi connectivity index (χ0v) is 15.9. The van der Waals surface area contributed by atoms with Crippen molar-refractivity contribution in [3.05, 3.63) is 54.6 Å². The Kier molecular flexibility index (Phi) is 4.99. The number of benzene rings is 2. The summed E-state index contributed by atoms with van der Waals surface area (Å²) in [5.74, 6) is -0.978. The Morgan fingerprint density at radius 1 is 1.14 bits per heavy atom. The molecule has 1 saturated heterocycles. The first-order valence-corrected chi connectivity index (χ1v) is 9.42. The fraction of sp³-hybridized carbons (Fsp3) is 0.238. The van der Waals surface area contributed by atoms with Crippen molar-refractivity contribution in [2.75, 3.05) is 16.8 Å². The van der Waals surface area contributed by atoms with Crippen LogP contribution in [0.5, 0.6) is 0 Å². The molecule has 2 heterocycles. The van der Waals surface area contributed by atoms with Crippen LogP contribution >= 0.6 is 0 Å². The smallest absolute Gasteiger partial charge is 0.248 e. The van der Waals surface area contributed by atoms with Crippen LogP contribution in [0.25, 0.3) is 11.0 Å². The van der Waals surface area contributed by atoms with Crippen molar-refractivity contribution in [1.82, 2.24) is 15.3 Å². The summed E-state index contributed by atoms with van der Waals surface area (Å²) in [6.07, 6.45) is 0.124. The van der Waals surface area contributed by atoms with E-state index in [2.05, 4.69) is 20.6 Å². The normalized spacial score (nSPS) is 17.3. The van der Waals surface area contributed by atoms with E-state index in [1.165, 1.54) is 0 Å². The highest BCUT2D eigenvalue weighted by Gasteiger charge is 2.36. The molecule has 3 N–H and O–H groups in total. The van der Waals surface area contributed by atoms with Crippen LogP contribution in [0, 0.1) is 5.92 Å². The van der Waals surface area contributed by atoms with Gasteiger partial charge in [0.05, 0.1) is 17.0 Å². The second-order valence-electron chi connectivity index (χ2n) is 7.06. The largest absolute Gasteiger partial charge is 0.344 e. The van der Waals surface area contributed by atoms with Gasteiger partial charge in [0.25, 0.3) is 0 Å². The van der Waals surface area contributed by atoms with Gasteiger partial charge in [-0.25, -0.2) is 4.98 Å². The lowest BCUT2D eigenvalue weighted by Crippen LogP contribution is -2.44. The Morgan fingerprint density at radius 3 is 2.62 bits per heavy atom. The van der Waals surface area contributed by atoms with Gasteiger partial charge in [0.1, 0.15) is 6.04 Å². The maximum atomic E-state index is 12.6. The molecule has 8 nitrogen and oxygen atoms in total. The van der Waals surface area contributed by atoms with E-state index < -0.39 is 12.0 Å². The molecule has 1 aliphatic rings. The van der Waals surface area contributed by atoms with Gasteiger partial charge in [-0.05, 0) is 31.2 Å². The number of rotatable bonds is 5. The number of hydrogen-bond acceptors (Lipinski definition) is 4. The molecule has 29 heavy (non-hydrogen) atoms. The van der Waals surface area contributed by atoms with E-state index in [9.17, 15) is 14.4 Å². The number of amides is 3. The first kappa shape index (κ1) is 18.7. The molecule has 0 saturated carbocycles. The number of H-pyrrole nitrogens is 1. The van der Waals surface area contributed by atoms with Gasteiger partial charge in [-0.1, -0.05) is 30.3 Å². The molecule has 0 spiro atoms. The van der Waals surface area contributed by atoms with E-state index in [0.29, 0.717) is 12.5 Å². The van der Waals surface area contributed by atoms with Gasteiger partial charge in [-0.15, -0.1) is 0 Å². The zero-order valence-electron chi connectivity index (χ0n) is 15.9. The molecule has 0 aliphatic carbocycles. The van der Waals surface area contributed by atoms with Gasteiger partial charge < -0.3 is 15.2 Å². The minimum absolute atomic E-state index is 0.101.